The van der Waals surface area contributed by atoms with Gasteiger partial charge in [-0.1, -0.05) is 89.0 Å². The van der Waals surface area contributed by atoms with Crippen LogP contribution in [0.5, 0.6) is 0 Å². The quantitative estimate of drug-likeness (QED) is 0.529. The molecule has 0 saturated heterocycles. The lowest BCUT2D eigenvalue weighted by molar-refractivity contribution is 0.479. The van der Waals surface area contributed by atoms with Crippen LogP contribution in [0.15, 0.2) is 71.6 Å². The molecule has 2 aromatic carbocycles. The molecule has 1 aliphatic heterocycles. The second-order valence-corrected chi connectivity index (χ2v) is 14.6. The van der Waals surface area contributed by atoms with Crippen molar-refractivity contribution >= 4 is 8.07 Å². The first-order chi connectivity index (χ1) is 13.2. The highest BCUT2D eigenvalue weighted by Gasteiger charge is 2.30. The molecule has 1 nitrogen and oxygen atoms in total. The van der Waals surface area contributed by atoms with Gasteiger partial charge in [-0.05, 0) is 64.0 Å². The van der Waals surface area contributed by atoms with E-state index in [4.69, 9.17) is 0 Å². The molecule has 0 radical (unpaired) electrons. The Balaban J connectivity index is 2.03. The van der Waals surface area contributed by atoms with Gasteiger partial charge in [-0.3, -0.25) is 0 Å². The van der Waals surface area contributed by atoms with Crippen molar-refractivity contribution in [2.45, 2.75) is 53.4 Å². The number of rotatable bonds is 5. The molecule has 2 heteroatoms. The summed E-state index contributed by atoms with van der Waals surface area (Å²) in [5.74, 6) is 1.21. The summed E-state index contributed by atoms with van der Waals surface area (Å²) in [5, 5.41) is 5.30. The highest BCUT2D eigenvalue weighted by Crippen LogP contribution is 2.37. The van der Waals surface area contributed by atoms with Gasteiger partial charge in [0.15, 0.2) is 0 Å². The number of allylic oxidation sites excluding steroid dienone is 2. The first-order valence-electron chi connectivity index (χ1n) is 10.5. The summed E-state index contributed by atoms with van der Waals surface area (Å²) in [7, 11) is -1.41. The van der Waals surface area contributed by atoms with Crippen molar-refractivity contribution in [3.63, 3.8) is 0 Å². The number of dihydropyridines is 1. The van der Waals surface area contributed by atoms with Crippen LogP contribution in [-0.4, -0.2) is 8.07 Å². The molecule has 2 aromatic rings. The first-order valence-corrected chi connectivity index (χ1v) is 14.0. The van der Waals surface area contributed by atoms with E-state index in [0.717, 1.165) is 0 Å². The van der Waals surface area contributed by atoms with E-state index in [0.29, 0.717) is 11.8 Å². The highest BCUT2D eigenvalue weighted by atomic mass is 28.3. The lowest BCUT2D eigenvalue weighted by atomic mass is 9.85. The molecule has 0 aromatic heterocycles. The second kappa shape index (κ2) is 8.12. The van der Waals surface area contributed by atoms with Crippen molar-refractivity contribution in [2.24, 2.45) is 11.8 Å². The smallest absolute Gasteiger partial charge is 0.0798 e. The van der Waals surface area contributed by atoms with Gasteiger partial charge in [0.05, 0.1) is 14.1 Å². The fourth-order valence-corrected chi connectivity index (χ4v) is 5.64. The molecule has 0 saturated carbocycles. The summed E-state index contributed by atoms with van der Waals surface area (Å²) in [5.41, 5.74) is 6.84. The van der Waals surface area contributed by atoms with Crippen molar-refractivity contribution in [1.82, 2.24) is 5.32 Å². The minimum atomic E-state index is -1.41. The van der Waals surface area contributed by atoms with Crippen LogP contribution in [0.2, 0.25) is 19.6 Å². The molecular weight excluding hydrogens is 354 g/mol. The van der Waals surface area contributed by atoms with Gasteiger partial charge in [0.1, 0.15) is 0 Å². The second-order valence-electron chi connectivity index (χ2n) is 9.54. The fraction of sp³-hybridized carbons (Fsp3) is 0.385. The third kappa shape index (κ3) is 4.33. The van der Waals surface area contributed by atoms with E-state index < -0.39 is 8.07 Å². The Hall–Kier alpha value is -2.06. The zero-order valence-electron chi connectivity index (χ0n) is 18.5. The summed E-state index contributed by atoms with van der Waals surface area (Å²) in [6, 6.07) is 17.8. The van der Waals surface area contributed by atoms with E-state index in [1.54, 1.807) is 10.8 Å². The Morgan fingerprint density at radius 2 is 1.57 bits per heavy atom. The zero-order valence-corrected chi connectivity index (χ0v) is 19.5. The topological polar surface area (TPSA) is 12.0 Å². The third-order valence-corrected chi connectivity index (χ3v) is 8.13. The van der Waals surface area contributed by atoms with Crippen LogP contribution < -0.4 is 5.32 Å². The molecule has 0 fully saturated rings. The van der Waals surface area contributed by atoms with Crippen LogP contribution in [0.1, 0.15) is 37.9 Å². The molecule has 1 aliphatic rings. The van der Waals surface area contributed by atoms with Crippen LogP contribution in [0, 0.1) is 18.8 Å². The monoisotopic (exact) mass is 389 g/mol. The normalized spacial score (nSPS) is 18.4. The average molecular weight is 390 g/mol. The number of benzene rings is 2. The number of hydrogen-bond acceptors (Lipinski definition) is 1. The van der Waals surface area contributed by atoms with E-state index in [9.17, 15) is 0 Å². The molecule has 0 spiro atoms. The molecule has 0 bridgehead atoms. The van der Waals surface area contributed by atoms with E-state index in [-0.39, 0.29) is 6.04 Å². The van der Waals surface area contributed by atoms with Gasteiger partial charge in [-0.2, -0.15) is 0 Å². The molecule has 2 atom stereocenters. The largest absolute Gasteiger partial charge is 0.381 e. The van der Waals surface area contributed by atoms with E-state index in [1.165, 1.54) is 22.3 Å². The minimum absolute atomic E-state index is 0.236. The molecule has 148 valence electrons. The van der Waals surface area contributed by atoms with Gasteiger partial charge in [0, 0.05) is 0 Å². The number of aryl methyl sites for hydroxylation is 1. The maximum absolute atomic E-state index is 3.73. The SMILES string of the molecule is Cc1ccc(-c2ccccc2)cc1C1C=C(C(C)C(C)C)C([Si](C)(C)C)=CN1. The van der Waals surface area contributed by atoms with Crippen molar-refractivity contribution in [3.05, 3.63) is 82.7 Å². The fourth-order valence-electron chi connectivity index (χ4n) is 3.94. The van der Waals surface area contributed by atoms with Gasteiger partial charge in [-0.15, -0.1) is 0 Å². The summed E-state index contributed by atoms with van der Waals surface area (Å²) in [6.07, 6.45) is 4.84. The maximum atomic E-state index is 3.73. The van der Waals surface area contributed by atoms with Gasteiger partial charge in [-0.25, -0.2) is 0 Å². The van der Waals surface area contributed by atoms with E-state index in [2.05, 4.69) is 113 Å². The Labute approximate surface area is 172 Å². The molecule has 0 aliphatic carbocycles. The molecule has 0 amide bonds. The summed E-state index contributed by atoms with van der Waals surface area (Å²) < 4.78 is 0. The Bertz CT molecular complexity index is 884. The van der Waals surface area contributed by atoms with Crippen molar-refractivity contribution in [2.75, 3.05) is 0 Å². The summed E-state index contributed by atoms with van der Waals surface area (Å²) >= 11 is 0. The van der Waals surface area contributed by atoms with Crippen LogP contribution in [0.4, 0.5) is 0 Å². The van der Waals surface area contributed by atoms with Crippen molar-refractivity contribution in [3.8, 4) is 11.1 Å². The number of nitrogens with one attached hydrogen (secondary N) is 1. The standard InChI is InChI=1S/C26H35NSi/c1-18(2)20(4)24-16-25(27-17-26(24)28(5,6)7)23-15-22(14-13-19(23)3)21-11-9-8-10-12-21/h8-18,20,25,27H,1-7H3. The van der Waals surface area contributed by atoms with Crippen molar-refractivity contribution in [1.29, 1.82) is 0 Å². The van der Waals surface area contributed by atoms with Crippen LogP contribution in [0.3, 0.4) is 0 Å². The Morgan fingerprint density at radius 3 is 2.18 bits per heavy atom. The Kier molecular flexibility index (Phi) is 6.00. The first kappa shape index (κ1) is 20.7. The predicted octanol–water partition coefficient (Wildman–Crippen LogP) is 7.29. The minimum Gasteiger partial charge on any atom is -0.381 e. The Morgan fingerprint density at radius 1 is 0.893 bits per heavy atom. The summed E-state index contributed by atoms with van der Waals surface area (Å²) in [4.78, 5) is 0. The maximum Gasteiger partial charge on any atom is 0.0798 e. The van der Waals surface area contributed by atoms with Gasteiger partial charge in [0.25, 0.3) is 0 Å². The molecular formula is C26H35NSi. The zero-order chi connectivity index (χ0) is 20.5. The van der Waals surface area contributed by atoms with Crippen LogP contribution in [-0.2, 0) is 0 Å². The number of hydrogen-bond donors (Lipinski definition) is 1. The summed E-state index contributed by atoms with van der Waals surface area (Å²) in [6.45, 7) is 16.6. The molecule has 3 rings (SSSR count). The molecule has 1 heterocycles. The van der Waals surface area contributed by atoms with E-state index >= 15 is 0 Å². The van der Waals surface area contributed by atoms with Gasteiger partial charge in [0.2, 0.25) is 0 Å². The van der Waals surface area contributed by atoms with Crippen LogP contribution in [0.25, 0.3) is 11.1 Å². The van der Waals surface area contributed by atoms with E-state index in [1.807, 2.05) is 0 Å². The third-order valence-electron chi connectivity index (χ3n) is 6.08. The van der Waals surface area contributed by atoms with Gasteiger partial charge < -0.3 is 5.32 Å². The van der Waals surface area contributed by atoms with Crippen molar-refractivity contribution < 1.29 is 0 Å². The molecule has 2 unspecified atom stereocenters. The molecule has 1 N–H and O–H groups in total. The molecule has 28 heavy (non-hydrogen) atoms. The van der Waals surface area contributed by atoms with Gasteiger partial charge >= 0.3 is 0 Å². The van der Waals surface area contributed by atoms with Crippen LogP contribution >= 0.6 is 0 Å². The highest BCUT2D eigenvalue weighted by molar-refractivity contribution is 6.84. The lowest BCUT2D eigenvalue weighted by Gasteiger charge is -2.35. The predicted molar refractivity (Wildman–Crippen MR) is 126 cm³/mol. The lowest BCUT2D eigenvalue weighted by Crippen LogP contribution is -2.34. The average Bonchev–Trinajstić information content (AvgIpc) is 2.67.